The van der Waals surface area contributed by atoms with Gasteiger partial charge in [-0.05, 0) is 23.6 Å². The van der Waals surface area contributed by atoms with E-state index in [2.05, 4.69) is 5.43 Å². The Morgan fingerprint density at radius 3 is 2.24 bits per heavy atom. The van der Waals surface area contributed by atoms with Crippen LogP contribution in [0.25, 0.3) is 0 Å². The maximum Gasteiger partial charge on any atom is 0.419 e. The van der Waals surface area contributed by atoms with Gasteiger partial charge in [0, 0.05) is 6.04 Å². The molecule has 0 bridgehead atoms. The number of rotatable bonds is 3. The molecule has 6 heteroatoms. The van der Waals surface area contributed by atoms with Crippen molar-refractivity contribution in [2.45, 2.75) is 26.1 Å². The second-order valence-electron chi connectivity index (χ2n) is 4.13. The molecule has 1 aromatic rings. The molecule has 0 aliphatic carbocycles. The van der Waals surface area contributed by atoms with Crippen molar-refractivity contribution < 1.29 is 17.6 Å². The predicted molar refractivity (Wildman–Crippen MR) is 56.3 cm³/mol. The van der Waals surface area contributed by atoms with Crippen LogP contribution in [0.3, 0.4) is 0 Å². The van der Waals surface area contributed by atoms with Gasteiger partial charge in [0.1, 0.15) is 5.82 Å². The van der Waals surface area contributed by atoms with Gasteiger partial charge in [0.2, 0.25) is 0 Å². The molecule has 0 saturated carbocycles. The molecule has 17 heavy (non-hydrogen) atoms. The van der Waals surface area contributed by atoms with E-state index in [0.29, 0.717) is 5.56 Å². The Morgan fingerprint density at radius 1 is 1.24 bits per heavy atom. The summed E-state index contributed by atoms with van der Waals surface area (Å²) in [5, 5.41) is 0. The topological polar surface area (TPSA) is 38.0 Å². The number of nitrogens with two attached hydrogens (primary N) is 1. The summed E-state index contributed by atoms with van der Waals surface area (Å²) in [5.74, 6) is 3.99. The fourth-order valence-electron chi connectivity index (χ4n) is 1.63. The normalized spacial score (nSPS) is 14.1. The number of alkyl halides is 3. The van der Waals surface area contributed by atoms with Gasteiger partial charge in [-0.25, -0.2) is 4.39 Å². The van der Waals surface area contributed by atoms with Crippen molar-refractivity contribution in [1.29, 1.82) is 0 Å². The van der Waals surface area contributed by atoms with Crippen LogP contribution < -0.4 is 11.3 Å². The second-order valence-corrected chi connectivity index (χ2v) is 4.13. The highest BCUT2D eigenvalue weighted by molar-refractivity contribution is 5.29. The van der Waals surface area contributed by atoms with Gasteiger partial charge in [0.25, 0.3) is 0 Å². The van der Waals surface area contributed by atoms with Crippen LogP contribution in [0.1, 0.15) is 31.0 Å². The van der Waals surface area contributed by atoms with Crippen LogP contribution in [0.15, 0.2) is 18.2 Å². The Hall–Kier alpha value is -1.14. The lowest BCUT2D eigenvalue weighted by molar-refractivity contribution is -0.140. The van der Waals surface area contributed by atoms with E-state index in [-0.39, 0.29) is 5.92 Å². The molecule has 0 radical (unpaired) electrons. The summed E-state index contributed by atoms with van der Waals surface area (Å²) in [6, 6.07) is 2.46. The summed E-state index contributed by atoms with van der Waals surface area (Å²) in [6.45, 7) is 3.61. The number of halogens is 4. The van der Waals surface area contributed by atoms with Crippen molar-refractivity contribution in [3.05, 3.63) is 35.1 Å². The lowest BCUT2D eigenvalue weighted by Gasteiger charge is -2.21. The molecule has 0 saturated heterocycles. The van der Waals surface area contributed by atoms with Crippen LogP contribution in [0.5, 0.6) is 0 Å². The molecule has 0 aromatic heterocycles. The summed E-state index contributed by atoms with van der Waals surface area (Å²) < 4.78 is 50.6. The van der Waals surface area contributed by atoms with Gasteiger partial charge in [-0.3, -0.25) is 11.3 Å². The van der Waals surface area contributed by atoms with Gasteiger partial charge in [-0.2, -0.15) is 13.2 Å². The minimum absolute atomic E-state index is 0.00783. The van der Waals surface area contributed by atoms with Crippen molar-refractivity contribution in [2.75, 3.05) is 0 Å². The lowest BCUT2D eigenvalue weighted by Crippen LogP contribution is -2.31. The highest BCUT2D eigenvalue weighted by Crippen LogP contribution is 2.33. The number of hydrogen-bond donors (Lipinski definition) is 2. The summed E-state index contributed by atoms with van der Waals surface area (Å²) in [7, 11) is 0. The van der Waals surface area contributed by atoms with E-state index >= 15 is 0 Å². The first-order valence-corrected chi connectivity index (χ1v) is 5.10. The number of benzene rings is 1. The third-order valence-corrected chi connectivity index (χ3v) is 2.50. The molecule has 0 aliphatic heterocycles. The smallest absolute Gasteiger partial charge is 0.271 e. The van der Waals surface area contributed by atoms with Crippen LogP contribution >= 0.6 is 0 Å². The average molecular weight is 250 g/mol. The highest BCUT2D eigenvalue weighted by Gasteiger charge is 2.34. The summed E-state index contributed by atoms with van der Waals surface area (Å²) in [5.41, 5.74) is 1.47. The highest BCUT2D eigenvalue weighted by atomic mass is 19.4. The maximum atomic E-state index is 13.1. The Labute approximate surface area is 96.8 Å². The Balaban J connectivity index is 3.21. The molecule has 96 valence electrons. The Bertz CT molecular complexity index is 388. The quantitative estimate of drug-likeness (QED) is 0.491. The molecular formula is C11H14F4N2. The van der Waals surface area contributed by atoms with E-state index < -0.39 is 23.6 Å². The molecule has 1 unspecified atom stereocenters. The van der Waals surface area contributed by atoms with Gasteiger partial charge in [-0.15, -0.1) is 0 Å². The molecule has 1 rings (SSSR count). The fourth-order valence-corrected chi connectivity index (χ4v) is 1.63. The first-order chi connectivity index (χ1) is 7.77. The van der Waals surface area contributed by atoms with E-state index in [0.717, 1.165) is 12.1 Å². The van der Waals surface area contributed by atoms with Gasteiger partial charge >= 0.3 is 6.18 Å². The molecular weight excluding hydrogens is 236 g/mol. The third-order valence-electron chi connectivity index (χ3n) is 2.50. The van der Waals surface area contributed by atoms with Crippen molar-refractivity contribution in [1.82, 2.24) is 5.43 Å². The van der Waals surface area contributed by atoms with Gasteiger partial charge in [0.05, 0.1) is 5.56 Å². The fraction of sp³-hybridized carbons (Fsp3) is 0.455. The van der Waals surface area contributed by atoms with Crippen LogP contribution in [-0.2, 0) is 6.18 Å². The molecule has 1 atom stereocenters. The zero-order chi connectivity index (χ0) is 13.2. The van der Waals surface area contributed by atoms with E-state index in [9.17, 15) is 17.6 Å². The molecule has 0 amide bonds. The largest absolute Gasteiger partial charge is 0.419 e. The average Bonchev–Trinajstić information content (AvgIpc) is 2.19. The van der Waals surface area contributed by atoms with Crippen LogP contribution in [0.4, 0.5) is 17.6 Å². The van der Waals surface area contributed by atoms with Crippen molar-refractivity contribution in [3.63, 3.8) is 0 Å². The Morgan fingerprint density at radius 2 is 1.82 bits per heavy atom. The first-order valence-electron chi connectivity index (χ1n) is 5.10. The molecule has 0 fully saturated rings. The molecule has 3 N–H and O–H groups in total. The third kappa shape index (κ3) is 3.17. The minimum Gasteiger partial charge on any atom is -0.271 e. The lowest BCUT2D eigenvalue weighted by atomic mass is 9.95. The van der Waals surface area contributed by atoms with Gasteiger partial charge in [0.15, 0.2) is 0 Å². The number of hydrogen-bond acceptors (Lipinski definition) is 2. The monoisotopic (exact) mass is 250 g/mol. The van der Waals surface area contributed by atoms with Gasteiger partial charge in [-0.1, -0.05) is 19.9 Å². The standard InChI is InChI=1S/C11H14F4N2/c1-6(2)10(17-16)7-3-4-9(12)8(5-7)11(13,14)15/h3-6,10,17H,16H2,1-2H3. The van der Waals surface area contributed by atoms with Crippen LogP contribution in [0.2, 0.25) is 0 Å². The zero-order valence-corrected chi connectivity index (χ0v) is 9.48. The van der Waals surface area contributed by atoms with Crippen LogP contribution in [0, 0.1) is 11.7 Å². The van der Waals surface area contributed by atoms with E-state index in [4.69, 9.17) is 5.84 Å². The molecule has 2 nitrogen and oxygen atoms in total. The van der Waals surface area contributed by atoms with Crippen molar-refractivity contribution in [3.8, 4) is 0 Å². The van der Waals surface area contributed by atoms with E-state index in [1.165, 1.54) is 6.07 Å². The molecule has 1 aromatic carbocycles. The summed E-state index contributed by atoms with van der Waals surface area (Å²) in [6.07, 6.45) is -4.70. The molecule has 0 aliphatic rings. The van der Waals surface area contributed by atoms with E-state index in [1.807, 2.05) is 0 Å². The SMILES string of the molecule is CC(C)C(NN)c1ccc(F)c(C(F)(F)F)c1. The van der Waals surface area contributed by atoms with Crippen molar-refractivity contribution in [2.24, 2.45) is 11.8 Å². The summed E-state index contributed by atoms with van der Waals surface area (Å²) in [4.78, 5) is 0. The Kier molecular flexibility index (Phi) is 4.11. The number of hydrazine groups is 1. The maximum absolute atomic E-state index is 13.1. The second kappa shape index (κ2) is 5.01. The van der Waals surface area contributed by atoms with E-state index in [1.54, 1.807) is 13.8 Å². The zero-order valence-electron chi connectivity index (χ0n) is 9.48. The predicted octanol–water partition coefficient (Wildman–Crippen LogP) is 3.00. The van der Waals surface area contributed by atoms with Crippen LogP contribution in [-0.4, -0.2) is 0 Å². The first kappa shape index (κ1) is 13.9. The number of nitrogens with one attached hydrogen (secondary N) is 1. The molecule has 0 heterocycles. The summed E-state index contributed by atoms with van der Waals surface area (Å²) >= 11 is 0. The van der Waals surface area contributed by atoms with Gasteiger partial charge < -0.3 is 0 Å². The van der Waals surface area contributed by atoms with Crippen molar-refractivity contribution >= 4 is 0 Å². The minimum atomic E-state index is -4.70. The molecule has 0 spiro atoms.